The maximum absolute atomic E-state index is 12.3. The van der Waals surface area contributed by atoms with Gasteiger partial charge in [0.25, 0.3) is 0 Å². The molecule has 1 aliphatic heterocycles. The lowest BCUT2D eigenvalue weighted by molar-refractivity contribution is -0.147. The van der Waals surface area contributed by atoms with E-state index in [-0.39, 0.29) is 18.3 Å². The Hall–Kier alpha value is -2.77. The zero-order chi connectivity index (χ0) is 15.7. The van der Waals surface area contributed by atoms with Crippen molar-refractivity contribution in [3.8, 4) is 5.69 Å². The highest BCUT2D eigenvalue weighted by Gasteiger charge is 2.46. The second-order valence-electron chi connectivity index (χ2n) is 5.62. The maximum atomic E-state index is 12.3. The van der Waals surface area contributed by atoms with Gasteiger partial charge in [0.05, 0.1) is 18.0 Å². The van der Waals surface area contributed by atoms with Crippen molar-refractivity contribution in [3.05, 3.63) is 30.6 Å². The van der Waals surface area contributed by atoms with Crippen molar-refractivity contribution >= 4 is 17.6 Å². The third-order valence-corrected chi connectivity index (χ3v) is 3.65. The van der Waals surface area contributed by atoms with E-state index < -0.39 is 11.5 Å². The van der Waals surface area contributed by atoms with Crippen LogP contribution in [0.15, 0.2) is 30.6 Å². The number of hydrogen-bond donors (Lipinski definition) is 1. The fourth-order valence-electron chi connectivity index (χ4n) is 2.43. The first kappa shape index (κ1) is 14.2. The molecule has 0 aliphatic carbocycles. The van der Waals surface area contributed by atoms with E-state index in [1.54, 1.807) is 38.1 Å². The second-order valence-corrected chi connectivity index (χ2v) is 5.62. The molecular formula is C14H15N5O3. The summed E-state index contributed by atoms with van der Waals surface area (Å²) >= 11 is 0. The molecular weight excluding hydrogens is 286 g/mol. The van der Waals surface area contributed by atoms with Crippen LogP contribution in [0, 0.1) is 5.92 Å². The van der Waals surface area contributed by atoms with E-state index in [0.29, 0.717) is 5.69 Å². The Morgan fingerprint density at radius 2 is 2.09 bits per heavy atom. The van der Waals surface area contributed by atoms with Crippen molar-refractivity contribution < 1.29 is 14.3 Å². The number of rotatable bonds is 3. The van der Waals surface area contributed by atoms with Crippen molar-refractivity contribution in [2.45, 2.75) is 25.9 Å². The molecule has 3 rings (SSSR count). The highest BCUT2D eigenvalue weighted by Crippen LogP contribution is 2.33. The molecule has 22 heavy (non-hydrogen) atoms. The first-order valence-corrected chi connectivity index (χ1v) is 6.82. The smallest absolute Gasteiger partial charge is 0.307 e. The predicted molar refractivity (Wildman–Crippen MR) is 76.1 cm³/mol. The van der Waals surface area contributed by atoms with Crippen LogP contribution in [0.2, 0.25) is 0 Å². The molecule has 1 amide bonds. The summed E-state index contributed by atoms with van der Waals surface area (Å²) in [5.41, 5.74) is 0.632. The van der Waals surface area contributed by atoms with Crippen LogP contribution in [0.3, 0.4) is 0 Å². The fourth-order valence-corrected chi connectivity index (χ4v) is 2.43. The zero-order valence-electron chi connectivity index (χ0n) is 12.2. The summed E-state index contributed by atoms with van der Waals surface area (Å²) in [5.74, 6) is -1.08. The van der Waals surface area contributed by atoms with E-state index in [2.05, 4.69) is 20.8 Å². The van der Waals surface area contributed by atoms with Crippen molar-refractivity contribution in [1.29, 1.82) is 0 Å². The normalized spacial score (nSPS) is 19.7. The first-order valence-electron chi connectivity index (χ1n) is 6.82. The molecule has 8 nitrogen and oxygen atoms in total. The molecule has 8 heteroatoms. The Labute approximate surface area is 126 Å². The van der Waals surface area contributed by atoms with Crippen LogP contribution in [0.25, 0.3) is 5.69 Å². The van der Waals surface area contributed by atoms with E-state index >= 15 is 0 Å². The van der Waals surface area contributed by atoms with Gasteiger partial charge in [0.2, 0.25) is 5.91 Å². The average molecular weight is 301 g/mol. The number of hydrogen-bond acceptors (Lipinski definition) is 6. The van der Waals surface area contributed by atoms with Gasteiger partial charge in [-0.15, -0.1) is 5.10 Å². The molecule has 2 heterocycles. The Morgan fingerprint density at radius 3 is 2.64 bits per heavy atom. The number of tetrazole rings is 1. The number of amides is 1. The summed E-state index contributed by atoms with van der Waals surface area (Å²) in [7, 11) is 0. The molecule has 0 saturated carbocycles. The van der Waals surface area contributed by atoms with Gasteiger partial charge in [-0.05, 0) is 48.5 Å². The summed E-state index contributed by atoms with van der Waals surface area (Å²) in [5, 5.41) is 13.7. The van der Waals surface area contributed by atoms with Gasteiger partial charge in [-0.25, -0.2) is 4.68 Å². The Bertz CT molecular complexity index is 694. The summed E-state index contributed by atoms with van der Waals surface area (Å²) in [4.78, 5) is 23.7. The van der Waals surface area contributed by atoms with E-state index in [4.69, 9.17) is 4.74 Å². The fraction of sp³-hybridized carbons (Fsp3) is 0.357. The zero-order valence-corrected chi connectivity index (χ0v) is 12.2. The Kier molecular flexibility index (Phi) is 3.36. The standard InChI is InChI=1S/C14H15N5O3/c1-14(2)11(7-12(20)22-14)13(21)16-9-3-5-10(6-4-9)19-8-15-17-18-19/h3-6,8,11H,7H2,1-2H3,(H,16,21)/t11-/m1/s1. The molecule has 0 spiro atoms. The van der Waals surface area contributed by atoms with Crippen LogP contribution in [0.4, 0.5) is 5.69 Å². The Morgan fingerprint density at radius 1 is 1.36 bits per heavy atom. The van der Waals surface area contributed by atoms with E-state index in [1.807, 2.05) is 0 Å². The molecule has 2 aromatic rings. The van der Waals surface area contributed by atoms with Gasteiger partial charge in [-0.2, -0.15) is 0 Å². The molecule has 1 fully saturated rings. The number of cyclic esters (lactones) is 1. The van der Waals surface area contributed by atoms with E-state index in [1.165, 1.54) is 11.0 Å². The van der Waals surface area contributed by atoms with Gasteiger partial charge in [-0.3, -0.25) is 9.59 Å². The number of anilines is 1. The van der Waals surface area contributed by atoms with Crippen LogP contribution in [0.1, 0.15) is 20.3 Å². The van der Waals surface area contributed by atoms with Crippen molar-refractivity contribution in [2.24, 2.45) is 5.92 Å². The molecule has 1 N–H and O–H groups in total. The maximum Gasteiger partial charge on any atom is 0.307 e. The number of aromatic nitrogens is 4. The molecule has 1 saturated heterocycles. The highest BCUT2D eigenvalue weighted by atomic mass is 16.6. The van der Waals surface area contributed by atoms with Gasteiger partial charge >= 0.3 is 5.97 Å². The molecule has 1 aromatic heterocycles. The molecule has 114 valence electrons. The SMILES string of the molecule is CC1(C)OC(=O)C[C@@H]1C(=O)Nc1ccc(-n2cnnn2)cc1. The quantitative estimate of drug-likeness (QED) is 0.847. The van der Waals surface area contributed by atoms with Crippen LogP contribution < -0.4 is 5.32 Å². The van der Waals surface area contributed by atoms with Gasteiger partial charge in [0.1, 0.15) is 11.9 Å². The minimum Gasteiger partial charge on any atom is -0.459 e. The summed E-state index contributed by atoms with van der Waals surface area (Å²) in [6.45, 7) is 3.48. The highest BCUT2D eigenvalue weighted by molar-refractivity contribution is 5.96. The molecule has 0 bridgehead atoms. The average Bonchev–Trinajstić information content (AvgIpc) is 3.07. The molecule has 1 aliphatic rings. The lowest BCUT2D eigenvalue weighted by atomic mass is 9.90. The van der Waals surface area contributed by atoms with Crippen LogP contribution >= 0.6 is 0 Å². The third-order valence-electron chi connectivity index (χ3n) is 3.65. The third kappa shape index (κ3) is 2.67. The number of nitrogens with zero attached hydrogens (tertiary/aromatic N) is 4. The number of carbonyl (C=O) groups is 2. The number of esters is 1. The van der Waals surface area contributed by atoms with Crippen LogP contribution in [-0.2, 0) is 14.3 Å². The van der Waals surface area contributed by atoms with Crippen molar-refractivity contribution in [3.63, 3.8) is 0 Å². The van der Waals surface area contributed by atoms with Gasteiger partial charge in [0, 0.05) is 5.69 Å². The lowest BCUT2D eigenvalue weighted by Gasteiger charge is -2.23. The van der Waals surface area contributed by atoms with Gasteiger partial charge in [0.15, 0.2) is 0 Å². The summed E-state index contributed by atoms with van der Waals surface area (Å²) in [6, 6.07) is 7.07. The van der Waals surface area contributed by atoms with E-state index in [9.17, 15) is 9.59 Å². The lowest BCUT2D eigenvalue weighted by Crippen LogP contribution is -2.36. The number of benzene rings is 1. The number of ether oxygens (including phenoxy) is 1. The summed E-state index contributed by atoms with van der Waals surface area (Å²) < 4.78 is 6.68. The van der Waals surface area contributed by atoms with Crippen LogP contribution in [0.5, 0.6) is 0 Å². The van der Waals surface area contributed by atoms with Gasteiger partial charge < -0.3 is 10.1 Å². The van der Waals surface area contributed by atoms with Crippen molar-refractivity contribution in [1.82, 2.24) is 20.2 Å². The molecule has 1 atom stereocenters. The first-order chi connectivity index (χ1) is 10.5. The number of nitrogens with one attached hydrogen (secondary N) is 1. The second kappa shape index (κ2) is 5.21. The molecule has 1 aromatic carbocycles. The minimum atomic E-state index is -0.784. The topological polar surface area (TPSA) is 99.0 Å². The molecule has 0 unspecified atom stereocenters. The van der Waals surface area contributed by atoms with E-state index in [0.717, 1.165) is 5.69 Å². The minimum absolute atomic E-state index is 0.0988. The molecule has 0 radical (unpaired) electrons. The largest absolute Gasteiger partial charge is 0.459 e. The van der Waals surface area contributed by atoms with Crippen LogP contribution in [-0.4, -0.2) is 37.7 Å². The van der Waals surface area contributed by atoms with Crippen molar-refractivity contribution in [2.75, 3.05) is 5.32 Å². The monoisotopic (exact) mass is 301 g/mol. The number of carbonyl (C=O) groups excluding carboxylic acids is 2. The predicted octanol–water partition coefficient (Wildman–Crippen LogP) is 0.942. The van der Waals surface area contributed by atoms with Gasteiger partial charge in [-0.1, -0.05) is 0 Å². The summed E-state index contributed by atoms with van der Waals surface area (Å²) in [6.07, 6.45) is 1.58. The Balaban J connectivity index is 1.71.